The molecule has 0 saturated carbocycles. The Labute approximate surface area is 62.1 Å². The fraction of sp³-hybridized carbons (Fsp3) is 0.500. The van der Waals surface area contributed by atoms with E-state index in [0.29, 0.717) is 0 Å². The quantitative estimate of drug-likeness (QED) is 0.394. The van der Waals surface area contributed by atoms with Crippen LogP contribution in [0, 0.1) is 0 Å². The van der Waals surface area contributed by atoms with Crippen molar-refractivity contribution in [3.8, 4) is 0 Å². The van der Waals surface area contributed by atoms with E-state index in [0.717, 1.165) is 0 Å². The summed E-state index contributed by atoms with van der Waals surface area (Å²) < 4.78 is 0.0936. The van der Waals surface area contributed by atoms with Gasteiger partial charge in [0.05, 0.1) is 0 Å². The number of hydrogen-bond donors (Lipinski definition) is 2. The summed E-state index contributed by atoms with van der Waals surface area (Å²) in [6.07, 6.45) is 0. The summed E-state index contributed by atoms with van der Waals surface area (Å²) in [7, 11) is 0. The van der Waals surface area contributed by atoms with Gasteiger partial charge in [-0.05, 0) is 0 Å². The van der Waals surface area contributed by atoms with Crippen molar-refractivity contribution in [2.75, 3.05) is 8.86 Å². The SMILES string of the molecule is O=C(O)C[I-]CC(=O)O. The average Bonchev–Trinajstić information content (AvgIpc) is 1.63. The molecular formula is C4H6IO4-. The van der Waals surface area contributed by atoms with Crippen LogP contribution in [0.25, 0.3) is 0 Å². The first kappa shape index (κ1) is 8.67. The number of rotatable bonds is 4. The summed E-state index contributed by atoms with van der Waals surface area (Å²) in [4.78, 5) is 19.6. The molecule has 0 unspecified atom stereocenters. The van der Waals surface area contributed by atoms with Gasteiger partial charge < -0.3 is 0 Å². The van der Waals surface area contributed by atoms with Gasteiger partial charge in [-0.15, -0.1) is 0 Å². The number of aliphatic carboxylic acids is 2. The zero-order valence-electron chi connectivity index (χ0n) is 4.50. The van der Waals surface area contributed by atoms with Crippen LogP contribution >= 0.6 is 0 Å². The Morgan fingerprint density at radius 2 is 1.44 bits per heavy atom. The van der Waals surface area contributed by atoms with Crippen molar-refractivity contribution in [3.63, 3.8) is 0 Å². The Balaban J connectivity index is 3.10. The molecule has 54 valence electrons. The van der Waals surface area contributed by atoms with Crippen LogP contribution in [-0.4, -0.2) is 31.0 Å². The Morgan fingerprint density at radius 3 is 1.67 bits per heavy atom. The number of carbonyl (C=O) groups is 2. The first-order valence-corrected chi connectivity index (χ1v) is 5.15. The molecule has 0 aliphatic carbocycles. The predicted molar refractivity (Wildman–Crippen MR) is 25.0 cm³/mol. The van der Waals surface area contributed by atoms with Gasteiger partial charge in [0.2, 0.25) is 0 Å². The molecule has 0 spiro atoms. The van der Waals surface area contributed by atoms with Crippen molar-refractivity contribution in [1.82, 2.24) is 0 Å². The monoisotopic (exact) mass is 245 g/mol. The van der Waals surface area contributed by atoms with E-state index in [4.69, 9.17) is 10.2 Å². The van der Waals surface area contributed by atoms with E-state index in [-0.39, 0.29) is 8.86 Å². The molecule has 0 radical (unpaired) electrons. The minimum atomic E-state index is -0.899. The van der Waals surface area contributed by atoms with Crippen LogP contribution in [0.3, 0.4) is 0 Å². The summed E-state index contributed by atoms with van der Waals surface area (Å²) >= 11 is -0.655. The number of halogens is 1. The van der Waals surface area contributed by atoms with E-state index >= 15 is 0 Å². The van der Waals surface area contributed by atoms with Gasteiger partial charge in [-0.25, -0.2) is 0 Å². The number of alkyl halides is 2. The zero-order valence-corrected chi connectivity index (χ0v) is 6.66. The van der Waals surface area contributed by atoms with Gasteiger partial charge in [0.25, 0.3) is 0 Å². The van der Waals surface area contributed by atoms with Crippen LogP contribution in [0.2, 0.25) is 0 Å². The molecule has 0 rings (SSSR count). The van der Waals surface area contributed by atoms with E-state index in [1.165, 1.54) is 0 Å². The molecule has 2 N–H and O–H groups in total. The summed E-state index contributed by atoms with van der Waals surface area (Å²) in [6, 6.07) is 0. The molecule has 0 aromatic rings. The van der Waals surface area contributed by atoms with Crippen molar-refractivity contribution < 1.29 is 41.0 Å². The van der Waals surface area contributed by atoms with Crippen LogP contribution in [0.15, 0.2) is 0 Å². The molecule has 0 aromatic carbocycles. The third-order valence-electron chi connectivity index (χ3n) is 0.418. The van der Waals surface area contributed by atoms with Crippen molar-refractivity contribution in [2.24, 2.45) is 0 Å². The van der Waals surface area contributed by atoms with Crippen LogP contribution in [0.1, 0.15) is 0 Å². The van der Waals surface area contributed by atoms with Gasteiger partial charge in [-0.1, -0.05) is 0 Å². The van der Waals surface area contributed by atoms with Gasteiger partial charge >= 0.3 is 61.8 Å². The third-order valence-corrected chi connectivity index (χ3v) is 2.80. The molecule has 0 aromatic heterocycles. The molecule has 5 heteroatoms. The van der Waals surface area contributed by atoms with Gasteiger partial charge in [0, 0.05) is 0 Å². The van der Waals surface area contributed by atoms with E-state index in [2.05, 4.69) is 0 Å². The van der Waals surface area contributed by atoms with E-state index in [1.807, 2.05) is 0 Å². The van der Waals surface area contributed by atoms with Gasteiger partial charge in [-0.2, -0.15) is 0 Å². The second-order valence-corrected chi connectivity index (χ2v) is 3.85. The summed E-state index contributed by atoms with van der Waals surface area (Å²) in [5.74, 6) is -1.80. The van der Waals surface area contributed by atoms with Gasteiger partial charge in [-0.3, -0.25) is 0 Å². The summed E-state index contributed by atoms with van der Waals surface area (Å²) in [6.45, 7) is 0. The normalized spacial score (nSPS) is 9.33. The third kappa shape index (κ3) is 7.67. The molecule has 0 bridgehead atoms. The van der Waals surface area contributed by atoms with E-state index < -0.39 is 33.1 Å². The second-order valence-electron chi connectivity index (χ2n) is 1.24. The minimum absolute atomic E-state index is 0.0468. The number of hydrogen-bond acceptors (Lipinski definition) is 2. The topological polar surface area (TPSA) is 74.6 Å². The molecule has 0 amide bonds. The molecule has 0 fully saturated rings. The zero-order chi connectivity index (χ0) is 7.28. The molecular weight excluding hydrogens is 239 g/mol. The van der Waals surface area contributed by atoms with Gasteiger partial charge in [0.1, 0.15) is 0 Å². The standard InChI is InChI=1S/C4H6IO4/c6-3(7)1-5-2-4(8)9/h1-2H2,(H,6,7)(H,8,9)/q-1. The summed E-state index contributed by atoms with van der Waals surface area (Å²) in [5.41, 5.74) is 0. The molecule has 0 atom stereocenters. The summed E-state index contributed by atoms with van der Waals surface area (Å²) in [5, 5.41) is 16.1. The molecule has 0 aliphatic rings. The van der Waals surface area contributed by atoms with Crippen LogP contribution in [0.5, 0.6) is 0 Å². The fourth-order valence-electron chi connectivity index (χ4n) is 0.209. The molecule has 4 nitrogen and oxygen atoms in total. The predicted octanol–water partition coefficient (Wildman–Crippen LogP) is -3.76. The van der Waals surface area contributed by atoms with E-state index in [1.54, 1.807) is 0 Å². The van der Waals surface area contributed by atoms with Crippen molar-refractivity contribution >= 4 is 11.9 Å². The second kappa shape index (κ2) is 4.54. The number of carboxylic acid groups (broad SMARTS) is 2. The molecule has 0 saturated heterocycles. The molecule has 0 aliphatic heterocycles. The van der Waals surface area contributed by atoms with Crippen LogP contribution in [-0.2, 0) is 9.59 Å². The Morgan fingerprint density at radius 1 is 1.11 bits per heavy atom. The van der Waals surface area contributed by atoms with Crippen molar-refractivity contribution in [1.29, 1.82) is 0 Å². The van der Waals surface area contributed by atoms with Gasteiger partial charge in [0.15, 0.2) is 0 Å². The van der Waals surface area contributed by atoms with Crippen molar-refractivity contribution in [3.05, 3.63) is 0 Å². The first-order chi connectivity index (χ1) is 4.13. The Hall–Kier alpha value is -0.330. The first-order valence-electron chi connectivity index (χ1n) is 2.10. The maximum absolute atomic E-state index is 9.82. The Bertz CT molecular complexity index is 108. The van der Waals surface area contributed by atoms with E-state index in [9.17, 15) is 9.59 Å². The van der Waals surface area contributed by atoms with Crippen LogP contribution < -0.4 is 21.2 Å². The number of carboxylic acids is 2. The Kier molecular flexibility index (Phi) is 4.37. The molecule has 0 heterocycles. The fourth-order valence-corrected chi connectivity index (χ4v) is 1.40. The van der Waals surface area contributed by atoms with Crippen LogP contribution in [0.4, 0.5) is 0 Å². The maximum atomic E-state index is 9.82. The van der Waals surface area contributed by atoms with Crippen molar-refractivity contribution in [2.45, 2.75) is 0 Å². The molecule has 9 heavy (non-hydrogen) atoms. The average molecular weight is 245 g/mol.